The predicted molar refractivity (Wildman–Crippen MR) is 114 cm³/mol. The van der Waals surface area contributed by atoms with E-state index in [1.165, 1.54) is 30.8 Å². The van der Waals surface area contributed by atoms with Gasteiger partial charge in [-0.05, 0) is 51.2 Å². The molecule has 1 aromatic heterocycles. The van der Waals surface area contributed by atoms with Crippen molar-refractivity contribution in [3.63, 3.8) is 0 Å². The summed E-state index contributed by atoms with van der Waals surface area (Å²) in [5.41, 5.74) is 0. The fourth-order valence-corrected chi connectivity index (χ4v) is 4.98. The molecule has 6 nitrogen and oxygen atoms in total. The van der Waals surface area contributed by atoms with E-state index in [9.17, 15) is 0 Å². The van der Waals surface area contributed by atoms with Gasteiger partial charge in [-0.15, -0.1) is 11.3 Å². The highest BCUT2D eigenvalue weighted by Gasteiger charge is 2.25. The summed E-state index contributed by atoms with van der Waals surface area (Å²) < 4.78 is 5.56. The molecule has 3 unspecified atom stereocenters. The van der Waals surface area contributed by atoms with Crippen LogP contribution in [-0.2, 0) is 4.74 Å². The highest BCUT2D eigenvalue weighted by Crippen LogP contribution is 2.27. The van der Waals surface area contributed by atoms with Crippen LogP contribution in [0.25, 0.3) is 0 Å². The molecule has 0 aromatic carbocycles. The Hall–Kier alpha value is -1.15. The normalized spacial score (nSPS) is 24.7. The number of hydrogen-bond acceptors (Lipinski definition) is 5. The van der Waals surface area contributed by atoms with Crippen molar-refractivity contribution in [2.75, 3.05) is 53.0 Å². The van der Waals surface area contributed by atoms with Crippen LogP contribution in [0.1, 0.15) is 37.6 Å². The lowest BCUT2D eigenvalue weighted by molar-refractivity contribution is -0.0174. The Labute approximate surface area is 168 Å². The van der Waals surface area contributed by atoms with Crippen LogP contribution >= 0.6 is 11.3 Å². The van der Waals surface area contributed by atoms with Gasteiger partial charge in [0.2, 0.25) is 0 Å². The Morgan fingerprint density at radius 1 is 1.30 bits per heavy atom. The Morgan fingerprint density at radius 3 is 2.74 bits per heavy atom. The first-order valence-corrected chi connectivity index (χ1v) is 11.1. The van der Waals surface area contributed by atoms with Crippen molar-refractivity contribution in [3.8, 4) is 0 Å². The van der Waals surface area contributed by atoms with Crippen LogP contribution in [-0.4, -0.2) is 80.8 Å². The number of morpholine rings is 1. The van der Waals surface area contributed by atoms with E-state index in [1.807, 2.05) is 18.4 Å². The Bertz CT molecular complexity index is 573. The number of guanidine groups is 1. The van der Waals surface area contributed by atoms with Crippen molar-refractivity contribution in [2.24, 2.45) is 4.99 Å². The lowest BCUT2D eigenvalue weighted by Crippen LogP contribution is -2.53. The molecular weight excluding hydrogens is 358 g/mol. The van der Waals surface area contributed by atoms with Crippen LogP contribution in [0, 0.1) is 0 Å². The minimum Gasteiger partial charge on any atom is -0.379 e. The van der Waals surface area contributed by atoms with Gasteiger partial charge in [0.1, 0.15) is 0 Å². The second-order valence-corrected chi connectivity index (χ2v) is 8.60. The van der Waals surface area contributed by atoms with E-state index in [0.29, 0.717) is 18.1 Å². The zero-order valence-electron chi connectivity index (χ0n) is 17.0. The van der Waals surface area contributed by atoms with Crippen molar-refractivity contribution in [1.29, 1.82) is 0 Å². The monoisotopic (exact) mass is 393 g/mol. The molecule has 152 valence electrons. The molecule has 0 saturated carbocycles. The van der Waals surface area contributed by atoms with Gasteiger partial charge in [0.25, 0.3) is 0 Å². The Morgan fingerprint density at radius 2 is 2.07 bits per heavy atom. The summed E-state index contributed by atoms with van der Waals surface area (Å²) in [4.78, 5) is 11.0. The third-order valence-electron chi connectivity index (χ3n) is 5.69. The number of aliphatic imine (C=N–C) groups is 1. The molecule has 0 aliphatic carbocycles. The first kappa shape index (κ1) is 20.6. The van der Waals surface area contributed by atoms with Crippen LogP contribution in [0.2, 0.25) is 0 Å². The molecule has 2 N–H and O–H groups in total. The number of ether oxygens (including phenoxy) is 1. The van der Waals surface area contributed by atoms with Gasteiger partial charge in [-0.2, -0.15) is 0 Å². The van der Waals surface area contributed by atoms with Crippen LogP contribution in [0.3, 0.4) is 0 Å². The minimum atomic E-state index is 0.433. The zero-order chi connectivity index (χ0) is 19.1. The molecule has 27 heavy (non-hydrogen) atoms. The summed E-state index contributed by atoms with van der Waals surface area (Å²) in [5.74, 6) is 0.892. The summed E-state index contributed by atoms with van der Waals surface area (Å²) in [6.07, 6.45) is 2.62. The molecular formula is C20H35N5OS. The van der Waals surface area contributed by atoms with Crippen molar-refractivity contribution in [1.82, 2.24) is 20.4 Å². The minimum absolute atomic E-state index is 0.433. The summed E-state index contributed by atoms with van der Waals surface area (Å²) in [6.45, 7) is 11.4. The number of nitrogens with one attached hydrogen (secondary N) is 2. The second kappa shape index (κ2) is 10.4. The van der Waals surface area contributed by atoms with Crippen LogP contribution in [0.4, 0.5) is 0 Å². The molecule has 7 heteroatoms. The smallest absolute Gasteiger partial charge is 0.191 e. The fourth-order valence-electron chi connectivity index (χ4n) is 4.11. The van der Waals surface area contributed by atoms with Crippen molar-refractivity contribution in [2.45, 2.75) is 44.8 Å². The molecule has 3 heterocycles. The number of nitrogens with zero attached hydrogens (tertiary/aromatic N) is 3. The van der Waals surface area contributed by atoms with E-state index in [0.717, 1.165) is 38.8 Å². The van der Waals surface area contributed by atoms with Gasteiger partial charge < -0.3 is 15.4 Å². The molecule has 2 aliphatic rings. The van der Waals surface area contributed by atoms with E-state index < -0.39 is 0 Å². The van der Waals surface area contributed by atoms with Gasteiger partial charge in [-0.3, -0.25) is 14.8 Å². The molecule has 0 spiro atoms. The highest BCUT2D eigenvalue weighted by molar-refractivity contribution is 7.10. The summed E-state index contributed by atoms with van der Waals surface area (Å²) in [5, 5.41) is 9.26. The maximum atomic E-state index is 5.56. The number of hydrogen-bond donors (Lipinski definition) is 2. The fraction of sp³-hybridized carbons (Fsp3) is 0.750. The first-order chi connectivity index (χ1) is 13.2. The highest BCUT2D eigenvalue weighted by atomic mass is 32.1. The molecule has 2 aliphatic heterocycles. The van der Waals surface area contributed by atoms with Gasteiger partial charge in [0.15, 0.2) is 5.96 Å². The van der Waals surface area contributed by atoms with Gasteiger partial charge in [0, 0.05) is 43.6 Å². The quantitative estimate of drug-likeness (QED) is 0.549. The van der Waals surface area contributed by atoms with Crippen molar-refractivity contribution in [3.05, 3.63) is 22.4 Å². The average Bonchev–Trinajstić information content (AvgIpc) is 3.39. The largest absolute Gasteiger partial charge is 0.379 e. The maximum absolute atomic E-state index is 5.56. The Balaban J connectivity index is 1.50. The van der Waals surface area contributed by atoms with E-state index in [2.05, 4.69) is 56.8 Å². The molecule has 0 radical (unpaired) electrons. The van der Waals surface area contributed by atoms with Crippen LogP contribution in [0.5, 0.6) is 0 Å². The van der Waals surface area contributed by atoms with E-state index in [-0.39, 0.29) is 0 Å². The van der Waals surface area contributed by atoms with Gasteiger partial charge >= 0.3 is 0 Å². The average molecular weight is 394 g/mol. The first-order valence-electron chi connectivity index (χ1n) is 10.2. The standard InChI is InChI=1S/C20H35N5OS/c1-16(25-10-11-26-15-17(25)2)13-22-20(21-3)23-14-18(19-7-6-12-27-19)24-8-4-5-9-24/h6-7,12,16-18H,4-5,8-11,13-15H2,1-3H3,(H2,21,22,23). The summed E-state index contributed by atoms with van der Waals surface area (Å²) in [7, 11) is 1.85. The maximum Gasteiger partial charge on any atom is 0.191 e. The molecule has 0 bridgehead atoms. The van der Waals surface area contributed by atoms with Crippen LogP contribution < -0.4 is 10.6 Å². The molecule has 2 fully saturated rings. The van der Waals surface area contributed by atoms with Gasteiger partial charge in [-0.25, -0.2) is 0 Å². The topological polar surface area (TPSA) is 52.1 Å². The molecule has 3 rings (SSSR count). The Kier molecular flexibility index (Phi) is 7.93. The summed E-state index contributed by atoms with van der Waals surface area (Å²) >= 11 is 1.85. The molecule has 0 amide bonds. The third-order valence-corrected chi connectivity index (χ3v) is 6.66. The van der Waals surface area contributed by atoms with Gasteiger partial charge in [-0.1, -0.05) is 6.07 Å². The van der Waals surface area contributed by atoms with E-state index in [1.54, 1.807) is 0 Å². The molecule has 1 aromatic rings. The molecule has 3 atom stereocenters. The zero-order valence-corrected chi connectivity index (χ0v) is 17.8. The van der Waals surface area contributed by atoms with Gasteiger partial charge in [0.05, 0.1) is 19.3 Å². The second-order valence-electron chi connectivity index (χ2n) is 7.62. The lowest BCUT2D eigenvalue weighted by Gasteiger charge is -2.38. The SMILES string of the molecule is CN=C(NCC(c1cccs1)N1CCCC1)NCC(C)N1CCOCC1C. The van der Waals surface area contributed by atoms with E-state index >= 15 is 0 Å². The van der Waals surface area contributed by atoms with E-state index in [4.69, 9.17) is 4.74 Å². The van der Waals surface area contributed by atoms with Crippen LogP contribution in [0.15, 0.2) is 22.5 Å². The number of thiophene rings is 1. The molecule has 2 saturated heterocycles. The predicted octanol–water partition coefficient (Wildman–Crippen LogP) is 2.16. The third kappa shape index (κ3) is 5.67. The number of rotatable bonds is 7. The van der Waals surface area contributed by atoms with Crippen molar-refractivity contribution < 1.29 is 4.74 Å². The number of likely N-dealkylation sites (tertiary alicyclic amines) is 1. The lowest BCUT2D eigenvalue weighted by atomic mass is 10.2. The van der Waals surface area contributed by atoms with Crippen molar-refractivity contribution >= 4 is 17.3 Å². The summed E-state index contributed by atoms with van der Waals surface area (Å²) in [6, 6.07) is 5.77.